The van der Waals surface area contributed by atoms with E-state index >= 15 is 0 Å². The number of hydrogen-bond acceptors (Lipinski definition) is 3. The number of rotatable bonds is 13. The molecule has 2 unspecified atom stereocenters. The van der Waals surface area contributed by atoms with Crippen LogP contribution in [0, 0.1) is 0 Å². The van der Waals surface area contributed by atoms with Gasteiger partial charge in [0, 0.05) is 0 Å². The van der Waals surface area contributed by atoms with E-state index < -0.39 is 6.17 Å². The van der Waals surface area contributed by atoms with E-state index in [1.165, 1.54) is 6.42 Å². The third-order valence-corrected chi connectivity index (χ3v) is 4.60. The van der Waals surface area contributed by atoms with E-state index in [9.17, 15) is 9.18 Å². The summed E-state index contributed by atoms with van der Waals surface area (Å²) in [6, 6.07) is 0. The Morgan fingerprint density at radius 2 is 1.71 bits per heavy atom. The van der Waals surface area contributed by atoms with Gasteiger partial charge in [0.05, 0.1) is 12.3 Å². The standard InChI is InChI=1S/C17H33FO2S/c1-5-6-8-12-16(17(19)20-14(2)3)21-13-10-7-9-11-15(4)18/h14-16H,5-13H2,1-4H3. The Kier molecular flexibility index (Phi) is 13.3. The van der Waals surface area contributed by atoms with Crippen LogP contribution in [0.2, 0.25) is 0 Å². The minimum absolute atomic E-state index is 0.0287. The summed E-state index contributed by atoms with van der Waals surface area (Å²) in [6.45, 7) is 7.56. The minimum atomic E-state index is -0.694. The van der Waals surface area contributed by atoms with Gasteiger partial charge in [0.15, 0.2) is 0 Å². The quantitative estimate of drug-likeness (QED) is 0.329. The summed E-state index contributed by atoms with van der Waals surface area (Å²) in [6.07, 6.45) is 7.27. The van der Waals surface area contributed by atoms with E-state index in [1.807, 2.05) is 13.8 Å². The molecule has 2 nitrogen and oxygen atoms in total. The smallest absolute Gasteiger partial charge is 0.319 e. The van der Waals surface area contributed by atoms with Crippen LogP contribution in [0.15, 0.2) is 0 Å². The number of ether oxygens (including phenoxy) is 1. The van der Waals surface area contributed by atoms with E-state index in [0.717, 1.165) is 44.3 Å². The van der Waals surface area contributed by atoms with Crippen molar-refractivity contribution in [3.63, 3.8) is 0 Å². The second-order valence-electron chi connectivity index (χ2n) is 5.97. The Hall–Kier alpha value is -0.250. The van der Waals surface area contributed by atoms with E-state index in [0.29, 0.717) is 6.42 Å². The fourth-order valence-electron chi connectivity index (χ4n) is 2.09. The molecule has 0 aromatic carbocycles. The molecule has 126 valence electrons. The second-order valence-corrected chi connectivity index (χ2v) is 7.28. The summed E-state index contributed by atoms with van der Waals surface area (Å²) in [5.74, 6) is 0.897. The summed E-state index contributed by atoms with van der Waals surface area (Å²) < 4.78 is 18.0. The van der Waals surface area contributed by atoms with Gasteiger partial charge in [-0.05, 0) is 45.8 Å². The van der Waals surface area contributed by atoms with Crippen molar-refractivity contribution in [2.24, 2.45) is 0 Å². The van der Waals surface area contributed by atoms with Crippen molar-refractivity contribution < 1.29 is 13.9 Å². The number of thioether (sulfide) groups is 1. The molecule has 2 atom stereocenters. The monoisotopic (exact) mass is 320 g/mol. The molecule has 0 spiro atoms. The van der Waals surface area contributed by atoms with Gasteiger partial charge in [0.1, 0.15) is 5.25 Å². The van der Waals surface area contributed by atoms with Gasteiger partial charge in [-0.15, -0.1) is 11.8 Å². The van der Waals surface area contributed by atoms with Gasteiger partial charge in [-0.25, -0.2) is 4.39 Å². The summed E-state index contributed by atoms with van der Waals surface area (Å²) in [4.78, 5) is 12.1. The first kappa shape index (κ1) is 20.8. The fraction of sp³-hybridized carbons (Fsp3) is 0.941. The lowest BCUT2D eigenvalue weighted by molar-refractivity contribution is -0.146. The predicted molar refractivity (Wildman–Crippen MR) is 90.7 cm³/mol. The van der Waals surface area contributed by atoms with Crippen LogP contribution in [0.1, 0.15) is 79.1 Å². The van der Waals surface area contributed by atoms with Gasteiger partial charge in [0.2, 0.25) is 0 Å². The summed E-state index contributed by atoms with van der Waals surface area (Å²) in [5, 5.41) is -0.0287. The molecule has 0 aromatic rings. The van der Waals surface area contributed by atoms with Gasteiger partial charge in [-0.1, -0.05) is 39.0 Å². The highest BCUT2D eigenvalue weighted by atomic mass is 32.2. The molecule has 21 heavy (non-hydrogen) atoms. The number of halogens is 1. The van der Waals surface area contributed by atoms with Gasteiger partial charge in [-0.3, -0.25) is 4.79 Å². The lowest BCUT2D eigenvalue weighted by atomic mass is 10.1. The van der Waals surface area contributed by atoms with Crippen molar-refractivity contribution in [2.45, 2.75) is 96.6 Å². The third kappa shape index (κ3) is 13.2. The van der Waals surface area contributed by atoms with Crippen LogP contribution >= 0.6 is 11.8 Å². The minimum Gasteiger partial charge on any atom is -0.462 e. The number of carbonyl (C=O) groups is 1. The molecule has 0 N–H and O–H groups in total. The Bertz CT molecular complexity index is 257. The maximum atomic E-state index is 12.7. The maximum Gasteiger partial charge on any atom is 0.319 e. The molecule has 0 aromatic heterocycles. The normalized spacial score (nSPS) is 14.2. The van der Waals surface area contributed by atoms with Crippen LogP contribution in [0.3, 0.4) is 0 Å². The van der Waals surface area contributed by atoms with Crippen molar-refractivity contribution in [1.82, 2.24) is 0 Å². The Labute approximate surface area is 134 Å². The summed E-state index contributed by atoms with van der Waals surface area (Å²) in [5.41, 5.74) is 0. The predicted octanol–water partition coefficient (Wildman–Crippen LogP) is 5.54. The molecule has 0 amide bonds. The van der Waals surface area contributed by atoms with E-state index in [1.54, 1.807) is 18.7 Å². The van der Waals surface area contributed by atoms with Gasteiger partial charge in [0.25, 0.3) is 0 Å². The Balaban J connectivity index is 3.94. The van der Waals surface area contributed by atoms with Crippen molar-refractivity contribution >= 4 is 17.7 Å². The number of unbranched alkanes of at least 4 members (excludes halogenated alkanes) is 4. The number of hydrogen-bond donors (Lipinski definition) is 0. The largest absolute Gasteiger partial charge is 0.462 e. The molecule has 0 saturated carbocycles. The first-order valence-electron chi connectivity index (χ1n) is 8.43. The molecule has 0 aliphatic heterocycles. The molecule has 0 bridgehead atoms. The lowest BCUT2D eigenvalue weighted by Crippen LogP contribution is -2.24. The molecule has 0 saturated heterocycles. The second kappa shape index (κ2) is 13.4. The molecule has 0 rings (SSSR count). The number of alkyl halides is 1. The highest BCUT2D eigenvalue weighted by Gasteiger charge is 2.20. The SMILES string of the molecule is CCCCCC(SCCCCCC(C)F)C(=O)OC(C)C. The van der Waals surface area contributed by atoms with Crippen LogP contribution in [0.25, 0.3) is 0 Å². The number of esters is 1. The van der Waals surface area contributed by atoms with Crippen molar-refractivity contribution in [3.05, 3.63) is 0 Å². The van der Waals surface area contributed by atoms with Gasteiger partial charge in [-0.2, -0.15) is 0 Å². The molecular formula is C17H33FO2S. The van der Waals surface area contributed by atoms with Crippen LogP contribution in [0.5, 0.6) is 0 Å². The average Bonchev–Trinajstić information content (AvgIpc) is 2.39. The highest BCUT2D eigenvalue weighted by molar-refractivity contribution is 8.00. The van der Waals surface area contributed by atoms with E-state index in [2.05, 4.69) is 6.92 Å². The van der Waals surface area contributed by atoms with Crippen LogP contribution in [-0.2, 0) is 9.53 Å². The zero-order chi connectivity index (χ0) is 16.1. The molecule has 4 heteroatoms. The third-order valence-electron chi connectivity index (χ3n) is 3.25. The lowest BCUT2D eigenvalue weighted by Gasteiger charge is -2.17. The summed E-state index contributed by atoms with van der Waals surface area (Å²) >= 11 is 1.71. The Morgan fingerprint density at radius 1 is 1.05 bits per heavy atom. The number of carbonyl (C=O) groups excluding carboxylic acids is 1. The zero-order valence-electron chi connectivity index (χ0n) is 14.2. The highest BCUT2D eigenvalue weighted by Crippen LogP contribution is 2.22. The molecular weight excluding hydrogens is 287 g/mol. The molecule has 0 fully saturated rings. The van der Waals surface area contributed by atoms with Crippen molar-refractivity contribution in [1.29, 1.82) is 0 Å². The van der Waals surface area contributed by atoms with Crippen LogP contribution in [-0.4, -0.2) is 29.2 Å². The van der Waals surface area contributed by atoms with Crippen molar-refractivity contribution in [3.8, 4) is 0 Å². The molecule has 0 heterocycles. The van der Waals surface area contributed by atoms with Crippen LogP contribution in [0.4, 0.5) is 4.39 Å². The van der Waals surface area contributed by atoms with Gasteiger partial charge < -0.3 is 4.74 Å². The first-order chi connectivity index (χ1) is 9.97. The molecule has 0 aliphatic rings. The van der Waals surface area contributed by atoms with E-state index in [4.69, 9.17) is 4.74 Å². The van der Waals surface area contributed by atoms with Crippen LogP contribution < -0.4 is 0 Å². The first-order valence-corrected chi connectivity index (χ1v) is 9.48. The van der Waals surface area contributed by atoms with Gasteiger partial charge >= 0.3 is 5.97 Å². The maximum absolute atomic E-state index is 12.7. The fourth-order valence-corrected chi connectivity index (χ4v) is 3.27. The topological polar surface area (TPSA) is 26.3 Å². The molecule has 0 aliphatic carbocycles. The average molecular weight is 321 g/mol. The zero-order valence-corrected chi connectivity index (χ0v) is 15.0. The summed E-state index contributed by atoms with van der Waals surface area (Å²) in [7, 11) is 0. The Morgan fingerprint density at radius 3 is 2.29 bits per heavy atom. The van der Waals surface area contributed by atoms with Crippen molar-refractivity contribution in [2.75, 3.05) is 5.75 Å². The molecule has 0 radical (unpaired) electrons. The van der Waals surface area contributed by atoms with E-state index in [-0.39, 0.29) is 17.3 Å².